The summed E-state index contributed by atoms with van der Waals surface area (Å²) in [5.41, 5.74) is 5.69. The minimum atomic E-state index is -0.382. The summed E-state index contributed by atoms with van der Waals surface area (Å²) < 4.78 is 4.91. The molecule has 2 atom stereocenters. The van der Waals surface area contributed by atoms with E-state index in [1.165, 1.54) is 12.8 Å². The number of β-amino-alcohol motifs (C(OH)–C–C–N with tert-alkyl or cyclic N) is 1. The highest BCUT2D eigenvalue weighted by Crippen LogP contribution is 2.16. The van der Waals surface area contributed by atoms with Gasteiger partial charge in [-0.05, 0) is 19.4 Å². The quantitative estimate of drug-likeness (QED) is 0.648. The van der Waals surface area contributed by atoms with E-state index in [9.17, 15) is 5.11 Å². The Morgan fingerprint density at radius 1 is 1.57 bits per heavy atom. The molecule has 0 aromatic carbocycles. The van der Waals surface area contributed by atoms with Crippen LogP contribution in [0.3, 0.4) is 0 Å². The zero-order valence-corrected chi connectivity index (χ0v) is 8.98. The van der Waals surface area contributed by atoms with E-state index >= 15 is 0 Å². The fraction of sp³-hybridized carbons (Fsp3) is 1.00. The van der Waals surface area contributed by atoms with Gasteiger partial charge in [0.25, 0.3) is 0 Å². The topological polar surface area (TPSA) is 58.7 Å². The van der Waals surface area contributed by atoms with Crippen LogP contribution in [0.25, 0.3) is 0 Å². The lowest BCUT2D eigenvalue weighted by molar-refractivity contribution is 0.0195. The van der Waals surface area contributed by atoms with Crippen LogP contribution in [0, 0.1) is 0 Å². The first-order valence-corrected chi connectivity index (χ1v) is 5.39. The maximum Gasteiger partial charge on any atom is 0.0900 e. The Bertz CT molecular complexity index is 155. The fourth-order valence-corrected chi connectivity index (χ4v) is 2.08. The summed E-state index contributed by atoms with van der Waals surface area (Å²) in [7, 11) is 1.61. The van der Waals surface area contributed by atoms with Crippen molar-refractivity contribution in [3.8, 4) is 0 Å². The predicted octanol–water partition coefficient (Wildman–Crippen LogP) is -0.193. The molecular formula is C10H22N2O2. The Morgan fingerprint density at radius 3 is 3.00 bits per heavy atom. The molecule has 1 saturated heterocycles. The van der Waals surface area contributed by atoms with Crippen molar-refractivity contribution in [3.63, 3.8) is 0 Å². The van der Waals surface area contributed by atoms with Gasteiger partial charge < -0.3 is 15.6 Å². The Labute approximate surface area is 86.0 Å². The van der Waals surface area contributed by atoms with E-state index in [2.05, 4.69) is 4.90 Å². The van der Waals surface area contributed by atoms with Crippen LogP contribution in [-0.4, -0.2) is 55.5 Å². The van der Waals surface area contributed by atoms with Crippen LogP contribution in [-0.2, 0) is 4.74 Å². The van der Waals surface area contributed by atoms with Gasteiger partial charge in [-0.15, -0.1) is 0 Å². The third-order valence-electron chi connectivity index (χ3n) is 2.83. The summed E-state index contributed by atoms with van der Waals surface area (Å²) in [5, 5.41) is 9.61. The van der Waals surface area contributed by atoms with Crippen LogP contribution in [0.2, 0.25) is 0 Å². The molecule has 0 amide bonds. The van der Waals surface area contributed by atoms with E-state index < -0.39 is 0 Å². The molecule has 1 aliphatic rings. The second kappa shape index (κ2) is 6.35. The lowest BCUT2D eigenvalue weighted by atomic mass is 10.0. The smallest absolute Gasteiger partial charge is 0.0900 e. The maximum atomic E-state index is 9.61. The molecule has 84 valence electrons. The highest BCUT2D eigenvalue weighted by Gasteiger charge is 2.22. The van der Waals surface area contributed by atoms with Crippen LogP contribution in [0.15, 0.2) is 0 Å². The lowest BCUT2D eigenvalue weighted by Crippen LogP contribution is -2.47. The first-order valence-electron chi connectivity index (χ1n) is 5.39. The molecule has 0 saturated carbocycles. The van der Waals surface area contributed by atoms with Crippen molar-refractivity contribution in [2.24, 2.45) is 5.73 Å². The first-order chi connectivity index (χ1) is 6.77. The number of piperidine rings is 1. The third kappa shape index (κ3) is 3.53. The van der Waals surface area contributed by atoms with Crippen LogP contribution in [0.1, 0.15) is 19.3 Å². The van der Waals surface area contributed by atoms with E-state index in [4.69, 9.17) is 10.5 Å². The summed E-state index contributed by atoms with van der Waals surface area (Å²) in [6, 6.07) is 0.454. The Balaban J connectivity index is 2.32. The monoisotopic (exact) mass is 202 g/mol. The molecular weight excluding hydrogens is 180 g/mol. The van der Waals surface area contributed by atoms with E-state index in [-0.39, 0.29) is 6.10 Å². The molecule has 0 aromatic rings. The molecule has 0 radical (unpaired) electrons. The number of ether oxygens (including phenoxy) is 1. The van der Waals surface area contributed by atoms with Crippen LogP contribution in [0.4, 0.5) is 0 Å². The zero-order chi connectivity index (χ0) is 10.4. The van der Waals surface area contributed by atoms with Gasteiger partial charge in [-0.1, -0.05) is 6.42 Å². The van der Waals surface area contributed by atoms with Gasteiger partial charge >= 0.3 is 0 Å². The van der Waals surface area contributed by atoms with Crippen LogP contribution in [0.5, 0.6) is 0 Å². The van der Waals surface area contributed by atoms with Gasteiger partial charge in [0.05, 0.1) is 12.7 Å². The van der Waals surface area contributed by atoms with Crippen molar-refractivity contribution in [3.05, 3.63) is 0 Å². The highest BCUT2D eigenvalue weighted by molar-refractivity contribution is 4.79. The molecule has 0 aliphatic carbocycles. The molecule has 4 heteroatoms. The number of aliphatic hydroxyl groups excluding tert-OH is 1. The normalized spacial score (nSPS) is 26.4. The van der Waals surface area contributed by atoms with Gasteiger partial charge in [0.1, 0.15) is 0 Å². The molecule has 1 fully saturated rings. The number of nitrogens with zero attached hydrogens (tertiary/aromatic N) is 1. The molecule has 0 aromatic heterocycles. The lowest BCUT2D eigenvalue weighted by Gasteiger charge is -2.36. The molecule has 14 heavy (non-hydrogen) atoms. The largest absolute Gasteiger partial charge is 0.389 e. The minimum Gasteiger partial charge on any atom is -0.389 e. The number of hydrogen-bond acceptors (Lipinski definition) is 4. The van der Waals surface area contributed by atoms with Crippen molar-refractivity contribution < 1.29 is 9.84 Å². The van der Waals surface area contributed by atoms with Crippen molar-refractivity contribution in [2.45, 2.75) is 31.4 Å². The van der Waals surface area contributed by atoms with E-state index in [1.54, 1.807) is 7.11 Å². The van der Waals surface area contributed by atoms with Crippen molar-refractivity contribution in [2.75, 3.05) is 33.4 Å². The van der Waals surface area contributed by atoms with Gasteiger partial charge in [0, 0.05) is 26.2 Å². The summed E-state index contributed by atoms with van der Waals surface area (Å²) >= 11 is 0. The van der Waals surface area contributed by atoms with Gasteiger partial charge in [-0.3, -0.25) is 4.90 Å². The van der Waals surface area contributed by atoms with Gasteiger partial charge in [0.15, 0.2) is 0 Å². The Morgan fingerprint density at radius 2 is 2.36 bits per heavy atom. The number of methoxy groups -OCH3 is 1. The van der Waals surface area contributed by atoms with Gasteiger partial charge in [0.2, 0.25) is 0 Å². The average Bonchev–Trinajstić information content (AvgIpc) is 2.19. The van der Waals surface area contributed by atoms with Crippen molar-refractivity contribution >= 4 is 0 Å². The Kier molecular flexibility index (Phi) is 5.40. The van der Waals surface area contributed by atoms with E-state index in [0.717, 1.165) is 13.0 Å². The summed E-state index contributed by atoms with van der Waals surface area (Å²) in [4.78, 5) is 2.28. The number of rotatable bonds is 5. The molecule has 1 heterocycles. The molecule has 3 N–H and O–H groups in total. The molecule has 0 spiro atoms. The standard InChI is InChI=1S/C10H22N2O2/c1-14-8-10(13)7-12-5-3-2-4-9(12)6-11/h9-10,13H,2-8,11H2,1H3. The molecule has 4 nitrogen and oxygen atoms in total. The maximum absolute atomic E-state index is 9.61. The van der Waals surface area contributed by atoms with Gasteiger partial charge in [-0.25, -0.2) is 0 Å². The number of aliphatic hydroxyl groups is 1. The van der Waals surface area contributed by atoms with E-state index in [1.807, 2.05) is 0 Å². The molecule has 1 rings (SSSR count). The van der Waals surface area contributed by atoms with E-state index in [0.29, 0.717) is 25.7 Å². The second-order valence-electron chi connectivity index (χ2n) is 3.99. The fourth-order valence-electron chi connectivity index (χ4n) is 2.08. The first kappa shape index (κ1) is 11.9. The zero-order valence-electron chi connectivity index (χ0n) is 8.98. The minimum absolute atomic E-state index is 0.382. The summed E-state index contributed by atoms with van der Waals surface area (Å²) in [5.74, 6) is 0. The van der Waals surface area contributed by atoms with Crippen LogP contribution >= 0.6 is 0 Å². The number of nitrogens with two attached hydrogens (primary N) is 1. The van der Waals surface area contributed by atoms with Gasteiger partial charge in [-0.2, -0.15) is 0 Å². The predicted molar refractivity (Wildman–Crippen MR) is 56.1 cm³/mol. The average molecular weight is 202 g/mol. The highest BCUT2D eigenvalue weighted by atomic mass is 16.5. The number of hydrogen-bond donors (Lipinski definition) is 2. The van der Waals surface area contributed by atoms with Crippen molar-refractivity contribution in [1.82, 2.24) is 4.90 Å². The Hall–Kier alpha value is -0.160. The second-order valence-corrected chi connectivity index (χ2v) is 3.99. The van der Waals surface area contributed by atoms with Crippen LogP contribution < -0.4 is 5.73 Å². The third-order valence-corrected chi connectivity index (χ3v) is 2.83. The summed E-state index contributed by atoms with van der Waals surface area (Å²) in [6.07, 6.45) is 3.26. The SMILES string of the molecule is COCC(O)CN1CCCCC1CN. The molecule has 0 bridgehead atoms. The number of likely N-dealkylation sites (tertiary alicyclic amines) is 1. The molecule has 2 unspecified atom stereocenters. The van der Waals surface area contributed by atoms with Crippen molar-refractivity contribution in [1.29, 1.82) is 0 Å². The molecule has 1 aliphatic heterocycles. The summed E-state index contributed by atoms with van der Waals surface area (Å²) in [6.45, 7) is 2.85.